The number of rotatable bonds is 6. The molecule has 0 amide bonds. The van der Waals surface area contributed by atoms with Gasteiger partial charge in [-0.05, 0) is 36.6 Å². The third kappa shape index (κ3) is 4.46. The Bertz CT molecular complexity index is 1250. The number of aliphatic hydroxyl groups is 1. The highest BCUT2D eigenvalue weighted by Gasteiger charge is 2.43. The Morgan fingerprint density at radius 3 is 2.82 bits per heavy atom. The van der Waals surface area contributed by atoms with E-state index in [1.54, 1.807) is 24.7 Å². The fourth-order valence-electron chi connectivity index (χ4n) is 4.35. The number of nitrogens with zero attached hydrogens (tertiary/aromatic N) is 3. The van der Waals surface area contributed by atoms with Crippen molar-refractivity contribution in [2.75, 3.05) is 26.2 Å². The molecule has 5 rings (SSSR count). The number of aliphatic imine (C=N–C) groups is 1. The highest BCUT2D eigenvalue weighted by Crippen LogP contribution is 2.43. The van der Waals surface area contributed by atoms with Gasteiger partial charge in [-0.1, -0.05) is 6.07 Å². The van der Waals surface area contributed by atoms with Crippen molar-refractivity contribution in [2.45, 2.75) is 25.2 Å². The van der Waals surface area contributed by atoms with Gasteiger partial charge in [0.2, 0.25) is 0 Å². The molecule has 34 heavy (non-hydrogen) atoms. The Balaban J connectivity index is 1.38. The highest BCUT2D eigenvalue weighted by atomic mass is 19.3. The second-order valence-electron chi connectivity index (χ2n) is 8.35. The van der Waals surface area contributed by atoms with Crippen molar-refractivity contribution in [3.05, 3.63) is 48.4 Å². The number of ether oxygens (including phenoxy) is 2. The molecule has 2 aliphatic heterocycles. The van der Waals surface area contributed by atoms with Gasteiger partial charge in [-0.15, -0.1) is 8.78 Å². The normalized spacial score (nSPS) is 18.9. The minimum Gasteiger partial charge on any atom is -0.404 e. The fourth-order valence-corrected chi connectivity index (χ4v) is 4.35. The largest absolute Gasteiger partial charge is 0.586 e. The maximum Gasteiger partial charge on any atom is 0.586 e. The van der Waals surface area contributed by atoms with Gasteiger partial charge < -0.3 is 30.2 Å². The number of fused-ring (bicyclic) bond motifs is 2. The first-order valence-electron chi connectivity index (χ1n) is 11.1. The van der Waals surface area contributed by atoms with Crippen LogP contribution >= 0.6 is 0 Å². The number of allylic oxidation sites excluding steroid dienone is 1. The molecule has 0 bridgehead atoms. The summed E-state index contributed by atoms with van der Waals surface area (Å²) < 4.78 is 35.9. The molecule has 1 fully saturated rings. The molecule has 1 aromatic carbocycles. The predicted octanol–water partition coefficient (Wildman–Crippen LogP) is 3.38. The molecule has 0 atom stereocenters. The quantitative estimate of drug-likeness (QED) is 0.478. The summed E-state index contributed by atoms with van der Waals surface area (Å²) in [6.45, 7) is 2.68. The Hall–Kier alpha value is -3.50. The number of nitrogens with one attached hydrogen (secondary N) is 1. The molecule has 10 heteroatoms. The summed E-state index contributed by atoms with van der Waals surface area (Å²) in [7, 11) is 0. The minimum atomic E-state index is -3.66. The molecule has 0 saturated carbocycles. The van der Waals surface area contributed by atoms with E-state index in [1.807, 2.05) is 6.07 Å². The number of hydrogen-bond acceptors (Lipinski definition) is 7. The van der Waals surface area contributed by atoms with Crippen LogP contribution in [0.2, 0.25) is 0 Å². The maximum atomic E-state index is 13.4. The lowest BCUT2D eigenvalue weighted by Gasteiger charge is -2.29. The van der Waals surface area contributed by atoms with E-state index in [2.05, 4.69) is 24.3 Å². The monoisotopic (exact) mass is 469 g/mol. The van der Waals surface area contributed by atoms with Crippen LogP contribution in [0.3, 0.4) is 0 Å². The Labute approximate surface area is 194 Å². The van der Waals surface area contributed by atoms with Gasteiger partial charge >= 0.3 is 6.29 Å². The summed E-state index contributed by atoms with van der Waals surface area (Å²) in [5.74, 6) is -0.0140. The number of halogens is 2. The van der Waals surface area contributed by atoms with Crippen LogP contribution in [0.25, 0.3) is 27.7 Å². The van der Waals surface area contributed by atoms with Crippen LogP contribution in [0.15, 0.2) is 47.9 Å². The van der Waals surface area contributed by atoms with Gasteiger partial charge in [-0.25, -0.2) is 4.98 Å². The molecular weight excluding hydrogens is 444 g/mol. The Morgan fingerprint density at radius 2 is 2.06 bits per heavy atom. The van der Waals surface area contributed by atoms with Gasteiger partial charge in [0.05, 0.1) is 12.6 Å². The molecule has 8 nitrogen and oxygen atoms in total. The van der Waals surface area contributed by atoms with E-state index >= 15 is 0 Å². The number of aliphatic hydroxyl groups excluding tert-OH is 1. The number of aromatic nitrogens is 2. The molecule has 0 radical (unpaired) electrons. The number of alkyl halides is 2. The molecule has 0 unspecified atom stereocenters. The number of H-pyrrole nitrogens is 1. The predicted molar refractivity (Wildman–Crippen MR) is 125 cm³/mol. The van der Waals surface area contributed by atoms with E-state index in [0.717, 1.165) is 48.0 Å². The number of benzene rings is 1. The average Bonchev–Trinajstić information content (AvgIpc) is 3.39. The summed E-state index contributed by atoms with van der Waals surface area (Å²) in [6, 6.07) is 6.84. The summed E-state index contributed by atoms with van der Waals surface area (Å²) >= 11 is 0. The lowest BCUT2D eigenvalue weighted by Crippen LogP contribution is -2.37. The van der Waals surface area contributed by atoms with Crippen molar-refractivity contribution in [3.63, 3.8) is 0 Å². The first kappa shape index (κ1) is 22.3. The van der Waals surface area contributed by atoms with Crippen LogP contribution in [0.1, 0.15) is 18.4 Å². The van der Waals surface area contributed by atoms with E-state index in [4.69, 9.17) is 15.8 Å². The first-order valence-corrected chi connectivity index (χ1v) is 11.1. The molecule has 0 aliphatic carbocycles. The van der Waals surface area contributed by atoms with E-state index in [0.29, 0.717) is 17.8 Å². The molecule has 2 aliphatic rings. The number of likely N-dealkylation sites (tertiary alicyclic amines) is 1. The van der Waals surface area contributed by atoms with Crippen molar-refractivity contribution in [3.8, 4) is 22.6 Å². The zero-order chi connectivity index (χ0) is 23.7. The summed E-state index contributed by atoms with van der Waals surface area (Å²) in [4.78, 5) is 14.6. The van der Waals surface area contributed by atoms with Gasteiger partial charge in [0, 0.05) is 66.5 Å². The van der Waals surface area contributed by atoms with Gasteiger partial charge in [0.25, 0.3) is 0 Å². The average molecular weight is 469 g/mol. The standard InChI is InChI=1S/C24H25F2N5O3/c25-24(26)33-21-2-1-15(10-22(21)34-24)20-14-30-23-19(20)9-16(12-29-23)17(11-27)13-28-18-3-5-31(6-4-18)7-8-32/h1-2,9-14,18,32H,3-8,27H2,(H,29,30). The van der Waals surface area contributed by atoms with Crippen molar-refractivity contribution in [1.29, 1.82) is 0 Å². The summed E-state index contributed by atoms with van der Waals surface area (Å²) in [5, 5.41) is 9.90. The van der Waals surface area contributed by atoms with Gasteiger partial charge in [-0.3, -0.25) is 4.99 Å². The molecule has 178 valence electrons. The Morgan fingerprint density at radius 1 is 1.26 bits per heavy atom. The molecule has 3 aromatic rings. The van der Waals surface area contributed by atoms with Crippen LogP contribution in [-0.4, -0.2) is 64.8 Å². The van der Waals surface area contributed by atoms with Gasteiger partial charge in [0.15, 0.2) is 11.5 Å². The molecule has 1 saturated heterocycles. The zero-order valence-electron chi connectivity index (χ0n) is 18.4. The van der Waals surface area contributed by atoms with Crippen LogP contribution < -0.4 is 15.2 Å². The van der Waals surface area contributed by atoms with Crippen LogP contribution in [0.4, 0.5) is 8.78 Å². The van der Waals surface area contributed by atoms with Crippen LogP contribution in [0.5, 0.6) is 11.5 Å². The summed E-state index contributed by atoms with van der Waals surface area (Å²) in [6.07, 6.45) is 4.97. The Kier molecular flexibility index (Phi) is 5.93. The van der Waals surface area contributed by atoms with Gasteiger partial charge in [-0.2, -0.15) is 0 Å². The molecular formula is C24H25F2N5O3. The van der Waals surface area contributed by atoms with Crippen molar-refractivity contribution < 1.29 is 23.4 Å². The second-order valence-corrected chi connectivity index (χ2v) is 8.35. The molecule has 4 heterocycles. The zero-order valence-corrected chi connectivity index (χ0v) is 18.4. The van der Waals surface area contributed by atoms with E-state index < -0.39 is 6.29 Å². The smallest absolute Gasteiger partial charge is 0.404 e. The first-order chi connectivity index (χ1) is 16.5. The van der Waals surface area contributed by atoms with E-state index in [9.17, 15) is 8.78 Å². The second kappa shape index (κ2) is 9.03. The summed E-state index contributed by atoms with van der Waals surface area (Å²) in [5.41, 5.74) is 9.58. The van der Waals surface area contributed by atoms with E-state index in [-0.39, 0.29) is 24.1 Å². The lowest BCUT2D eigenvalue weighted by atomic mass is 10.0. The molecule has 2 aromatic heterocycles. The lowest BCUT2D eigenvalue weighted by molar-refractivity contribution is -0.286. The molecule has 0 spiro atoms. The SMILES string of the molecule is NC=C(C=NC1CCN(CCO)CC1)c1cnc2[nH]cc(-c3ccc4c(c3)OC(F)(F)O4)c2c1. The minimum absolute atomic E-state index is 0.000776. The molecule has 4 N–H and O–H groups in total. The third-order valence-electron chi connectivity index (χ3n) is 6.15. The maximum absolute atomic E-state index is 13.4. The number of hydrogen-bond donors (Lipinski definition) is 3. The fraction of sp³-hybridized carbons (Fsp3) is 0.333. The van der Waals surface area contributed by atoms with Crippen LogP contribution in [-0.2, 0) is 0 Å². The van der Waals surface area contributed by atoms with Crippen molar-refractivity contribution >= 4 is 22.8 Å². The number of aromatic amines is 1. The third-order valence-corrected chi connectivity index (χ3v) is 6.15. The number of nitrogens with two attached hydrogens (primary N) is 1. The van der Waals surface area contributed by atoms with E-state index in [1.165, 1.54) is 18.3 Å². The topological polar surface area (TPSA) is 109 Å². The number of β-amino-alcohol motifs (C(OH)–C–C–N with tert-alkyl or cyclic N) is 1. The number of piperidine rings is 1. The van der Waals surface area contributed by atoms with Gasteiger partial charge in [0.1, 0.15) is 5.65 Å². The highest BCUT2D eigenvalue weighted by molar-refractivity contribution is 6.11. The van der Waals surface area contributed by atoms with Crippen molar-refractivity contribution in [2.24, 2.45) is 10.7 Å². The van der Waals surface area contributed by atoms with Crippen LogP contribution in [0, 0.1) is 0 Å². The van der Waals surface area contributed by atoms with Crippen molar-refractivity contribution in [1.82, 2.24) is 14.9 Å². The number of pyridine rings is 1.